The fourth-order valence-electron chi connectivity index (χ4n) is 2.15. The summed E-state index contributed by atoms with van der Waals surface area (Å²) in [4.78, 5) is 24.4. The molecule has 4 nitrogen and oxygen atoms in total. The number of carbonyl (C=O) groups is 2. The highest BCUT2D eigenvalue weighted by molar-refractivity contribution is 6.19. The fourth-order valence-corrected chi connectivity index (χ4v) is 2.15. The van der Waals surface area contributed by atoms with E-state index in [1.807, 2.05) is 30.3 Å². The normalized spacial score (nSPS) is 15.6. The first-order valence-electron chi connectivity index (χ1n) is 6.40. The Morgan fingerprint density at radius 3 is 2.48 bits per heavy atom. The lowest BCUT2D eigenvalue weighted by atomic mass is 9.98. The number of ketones is 1. The Balaban J connectivity index is 2.04. The minimum absolute atomic E-state index is 0.0314. The van der Waals surface area contributed by atoms with E-state index in [9.17, 15) is 9.59 Å². The maximum atomic E-state index is 12.4. The van der Waals surface area contributed by atoms with Crippen molar-refractivity contribution in [3.63, 3.8) is 0 Å². The van der Waals surface area contributed by atoms with E-state index in [0.717, 1.165) is 5.56 Å². The molecule has 0 amide bonds. The van der Waals surface area contributed by atoms with Crippen molar-refractivity contribution in [3.8, 4) is 5.75 Å². The fraction of sp³-hybridized carbons (Fsp3) is 0.0588. The number of hydrogen-bond acceptors (Lipinski definition) is 4. The molecule has 0 aliphatic carbocycles. The van der Waals surface area contributed by atoms with E-state index in [2.05, 4.69) is 0 Å². The maximum Gasteiger partial charge on any atom is 0.344 e. The summed E-state index contributed by atoms with van der Waals surface area (Å²) in [7, 11) is 1.50. The molecule has 1 aliphatic heterocycles. The standard InChI is InChI=1S/C17H12O4/c1-20-12-7-8-13-14(10-12)17(19)21-15(16(13)18)9-11-5-3-2-4-6-11/h2-10H,1H3. The molecule has 1 heterocycles. The third-order valence-electron chi connectivity index (χ3n) is 3.22. The molecule has 3 rings (SSSR count). The Hall–Kier alpha value is -2.88. The number of Topliss-reactive ketones (excluding diaryl/α,β-unsaturated/α-hetero) is 1. The summed E-state index contributed by atoms with van der Waals surface area (Å²) in [6.07, 6.45) is 1.56. The van der Waals surface area contributed by atoms with E-state index in [1.54, 1.807) is 18.2 Å². The number of benzene rings is 2. The van der Waals surface area contributed by atoms with Crippen LogP contribution in [0.1, 0.15) is 26.3 Å². The predicted molar refractivity (Wildman–Crippen MR) is 77.2 cm³/mol. The van der Waals surface area contributed by atoms with E-state index in [-0.39, 0.29) is 17.1 Å². The van der Waals surface area contributed by atoms with Gasteiger partial charge in [0.1, 0.15) is 5.75 Å². The third kappa shape index (κ3) is 2.43. The van der Waals surface area contributed by atoms with Gasteiger partial charge in [-0.3, -0.25) is 4.79 Å². The van der Waals surface area contributed by atoms with Crippen LogP contribution in [0.15, 0.2) is 54.3 Å². The molecule has 0 spiro atoms. The molecular formula is C17H12O4. The molecular weight excluding hydrogens is 268 g/mol. The van der Waals surface area contributed by atoms with Crippen molar-refractivity contribution >= 4 is 17.8 Å². The van der Waals surface area contributed by atoms with E-state index in [1.165, 1.54) is 13.2 Å². The number of cyclic esters (lactones) is 1. The summed E-state index contributed by atoms with van der Waals surface area (Å²) in [6, 6.07) is 14.0. The van der Waals surface area contributed by atoms with Gasteiger partial charge in [-0.1, -0.05) is 30.3 Å². The Kier molecular flexibility index (Phi) is 3.28. The zero-order valence-corrected chi connectivity index (χ0v) is 11.3. The lowest BCUT2D eigenvalue weighted by Crippen LogP contribution is -2.22. The second-order valence-corrected chi connectivity index (χ2v) is 4.55. The van der Waals surface area contributed by atoms with Gasteiger partial charge >= 0.3 is 5.97 Å². The zero-order valence-electron chi connectivity index (χ0n) is 11.3. The average Bonchev–Trinajstić information content (AvgIpc) is 2.53. The van der Waals surface area contributed by atoms with Gasteiger partial charge in [0.05, 0.1) is 12.7 Å². The topological polar surface area (TPSA) is 52.6 Å². The summed E-state index contributed by atoms with van der Waals surface area (Å²) in [6.45, 7) is 0. The Labute approximate surface area is 121 Å². The minimum Gasteiger partial charge on any atom is -0.497 e. The Bertz CT molecular complexity index is 745. The van der Waals surface area contributed by atoms with E-state index >= 15 is 0 Å². The quantitative estimate of drug-likeness (QED) is 0.626. The molecule has 0 radical (unpaired) electrons. The van der Waals surface area contributed by atoms with Gasteiger partial charge in [0.2, 0.25) is 5.78 Å². The highest BCUT2D eigenvalue weighted by Crippen LogP contribution is 2.27. The molecule has 2 aromatic carbocycles. The van der Waals surface area contributed by atoms with Gasteiger partial charge in [0.15, 0.2) is 5.76 Å². The molecule has 1 aliphatic rings. The third-order valence-corrected chi connectivity index (χ3v) is 3.22. The van der Waals surface area contributed by atoms with Gasteiger partial charge in [0.25, 0.3) is 0 Å². The largest absolute Gasteiger partial charge is 0.497 e. The molecule has 0 N–H and O–H groups in total. The van der Waals surface area contributed by atoms with Gasteiger partial charge in [0, 0.05) is 5.56 Å². The Morgan fingerprint density at radius 2 is 1.76 bits per heavy atom. The lowest BCUT2D eigenvalue weighted by molar-refractivity contribution is 0.0567. The van der Waals surface area contributed by atoms with E-state index < -0.39 is 5.97 Å². The average molecular weight is 280 g/mol. The first-order valence-corrected chi connectivity index (χ1v) is 6.40. The van der Waals surface area contributed by atoms with Crippen LogP contribution in [0.4, 0.5) is 0 Å². The van der Waals surface area contributed by atoms with E-state index in [4.69, 9.17) is 9.47 Å². The minimum atomic E-state index is -0.550. The molecule has 104 valence electrons. The van der Waals surface area contributed by atoms with Crippen LogP contribution in [0.25, 0.3) is 6.08 Å². The van der Waals surface area contributed by atoms with Crippen molar-refractivity contribution in [2.45, 2.75) is 0 Å². The Morgan fingerprint density at radius 1 is 1.00 bits per heavy atom. The van der Waals surface area contributed by atoms with Gasteiger partial charge in [-0.25, -0.2) is 4.79 Å². The van der Waals surface area contributed by atoms with Crippen molar-refractivity contribution in [1.82, 2.24) is 0 Å². The smallest absolute Gasteiger partial charge is 0.344 e. The van der Waals surface area contributed by atoms with Crippen LogP contribution in [0.5, 0.6) is 5.75 Å². The number of ether oxygens (including phenoxy) is 2. The maximum absolute atomic E-state index is 12.4. The molecule has 4 heteroatoms. The van der Waals surface area contributed by atoms with Crippen molar-refractivity contribution in [1.29, 1.82) is 0 Å². The van der Waals surface area contributed by atoms with Crippen molar-refractivity contribution in [2.24, 2.45) is 0 Å². The number of hydrogen-bond donors (Lipinski definition) is 0. The summed E-state index contributed by atoms with van der Waals surface area (Å²) >= 11 is 0. The number of methoxy groups -OCH3 is 1. The van der Waals surface area contributed by atoms with Gasteiger partial charge < -0.3 is 9.47 Å². The predicted octanol–water partition coefficient (Wildman–Crippen LogP) is 3.09. The number of rotatable bonds is 2. The molecule has 0 aromatic heterocycles. The van der Waals surface area contributed by atoms with Crippen molar-refractivity contribution < 1.29 is 19.1 Å². The van der Waals surface area contributed by atoms with Crippen LogP contribution < -0.4 is 4.74 Å². The molecule has 2 aromatic rings. The summed E-state index contributed by atoms with van der Waals surface area (Å²) in [5.74, 6) is -0.320. The monoisotopic (exact) mass is 280 g/mol. The molecule has 0 bridgehead atoms. The molecule has 0 saturated carbocycles. The SMILES string of the molecule is COc1ccc2c(c1)C(=O)OC(=Cc1ccccc1)C2=O. The number of esters is 1. The molecule has 21 heavy (non-hydrogen) atoms. The summed E-state index contributed by atoms with van der Waals surface area (Å²) in [5, 5.41) is 0. The second-order valence-electron chi connectivity index (χ2n) is 4.55. The number of fused-ring (bicyclic) bond motifs is 1. The highest BCUT2D eigenvalue weighted by atomic mass is 16.5. The molecule has 0 unspecified atom stereocenters. The summed E-state index contributed by atoms with van der Waals surface area (Å²) in [5.41, 5.74) is 1.35. The molecule has 0 atom stereocenters. The van der Waals surface area contributed by atoms with Gasteiger partial charge in [-0.15, -0.1) is 0 Å². The zero-order chi connectivity index (χ0) is 14.8. The van der Waals surface area contributed by atoms with Crippen LogP contribution in [-0.4, -0.2) is 18.9 Å². The van der Waals surface area contributed by atoms with Gasteiger partial charge in [-0.2, -0.15) is 0 Å². The van der Waals surface area contributed by atoms with Gasteiger partial charge in [-0.05, 0) is 29.8 Å². The van der Waals surface area contributed by atoms with E-state index in [0.29, 0.717) is 11.3 Å². The molecule has 0 fully saturated rings. The molecule has 0 saturated heterocycles. The second kappa shape index (κ2) is 5.25. The van der Waals surface area contributed by atoms with Crippen LogP contribution in [0.3, 0.4) is 0 Å². The van der Waals surface area contributed by atoms with Crippen LogP contribution in [-0.2, 0) is 4.74 Å². The van der Waals surface area contributed by atoms with Crippen molar-refractivity contribution in [3.05, 3.63) is 71.0 Å². The van der Waals surface area contributed by atoms with Crippen molar-refractivity contribution in [2.75, 3.05) is 7.11 Å². The van der Waals surface area contributed by atoms with Crippen LogP contribution in [0.2, 0.25) is 0 Å². The first-order chi connectivity index (χ1) is 10.2. The number of allylic oxidation sites excluding steroid dienone is 1. The number of carbonyl (C=O) groups excluding carboxylic acids is 2. The summed E-state index contributed by atoms with van der Waals surface area (Å²) < 4.78 is 10.2. The first kappa shape index (κ1) is 13.1. The lowest BCUT2D eigenvalue weighted by Gasteiger charge is -2.17. The van der Waals surface area contributed by atoms with Crippen LogP contribution in [0, 0.1) is 0 Å². The highest BCUT2D eigenvalue weighted by Gasteiger charge is 2.30. The van der Waals surface area contributed by atoms with Crippen LogP contribution >= 0.6 is 0 Å².